The Hall–Kier alpha value is 0.190. The van der Waals surface area contributed by atoms with Gasteiger partial charge in [-0.05, 0) is 6.42 Å². The molecule has 0 rings (SSSR count). The highest BCUT2D eigenvalue weighted by atomic mass is 31.2. The second-order valence-corrected chi connectivity index (χ2v) is 6.14. The Morgan fingerprint density at radius 1 is 1.18 bits per heavy atom. The van der Waals surface area contributed by atoms with Crippen LogP contribution in [0.4, 0.5) is 0 Å². The zero-order chi connectivity index (χ0) is 8.74. The minimum Gasteiger partial charge on any atom is -0.307 e. The van der Waals surface area contributed by atoms with Crippen molar-refractivity contribution in [1.82, 2.24) is 5.09 Å². The van der Waals surface area contributed by atoms with Crippen molar-refractivity contribution in [2.45, 2.75) is 33.6 Å². The van der Waals surface area contributed by atoms with E-state index in [1.165, 1.54) is 6.42 Å². The van der Waals surface area contributed by atoms with Crippen LogP contribution in [-0.4, -0.2) is 18.9 Å². The van der Waals surface area contributed by atoms with Crippen LogP contribution in [0.25, 0.3) is 0 Å². The third-order valence-electron chi connectivity index (χ3n) is 1.95. The molecule has 0 aliphatic heterocycles. The molecule has 0 atom stereocenters. The van der Waals surface area contributed by atoms with Gasteiger partial charge in [0.05, 0.1) is 0 Å². The largest absolute Gasteiger partial charge is 0.307 e. The van der Waals surface area contributed by atoms with Gasteiger partial charge in [0.1, 0.15) is 7.29 Å². The Balaban J connectivity index is 3.61. The van der Waals surface area contributed by atoms with Crippen LogP contribution in [0, 0.1) is 0 Å². The van der Waals surface area contributed by atoms with Crippen LogP contribution in [0.2, 0.25) is 0 Å². The molecule has 0 spiro atoms. The molecule has 0 aliphatic carbocycles. The van der Waals surface area contributed by atoms with Gasteiger partial charge in [-0.15, -0.1) is 0 Å². The number of nitrogens with one attached hydrogen (secondary N) is 1. The second kappa shape index (κ2) is 5.79. The van der Waals surface area contributed by atoms with Crippen molar-refractivity contribution in [1.29, 1.82) is 0 Å². The number of hydrogen-bond donors (Lipinski definition) is 1. The van der Waals surface area contributed by atoms with Gasteiger partial charge in [0.2, 0.25) is 0 Å². The van der Waals surface area contributed by atoms with Crippen LogP contribution in [0.15, 0.2) is 0 Å². The predicted octanol–water partition coefficient (Wildman–Crippen LogP) is 2.69. The Labute approximate surface area is 70.2 Å². The highest BCUT2D eigenvalue weighted by Gasteiger charge is 2.14. The van der Waals surface area contributed by atoms with Gasteiger partial charge in [-0.25, -0.2) is 0 Å². The van der Waals surface area contributed by atoms with E-state index in [2.05, 4.69) is 12.0 Å². The SMILES string of the molecule is CCCCNP(=O)(CC)CC. The van der Waals surface area contributed by atoms with Gasteiger partial charge < -0.3 is 4.57 Å². The van der Waals surface area contributed by atoms with Gasteiger partial charge in [-0.3, -0.25) is 5.09 Å². The van der Waals surface area contributed by atoms with E-state index in [1.807, 2.05) is 13.8 Å². The molecule has 0 aliphatic rings. The first-order valence-corrected chi connectivity index (χ1v) is 6.59. The molecule has 0 aromatic heterocycles. The fourth-order valence-corrected chi connectivity index (χ4v) is 2.37. The van der Waals surface area contributed by atoms with E-state index >= 15 is 0 Å². The molecule has 11 heavy (non-hydrogen) atoms. The van der Waals surface area contributed by atoms with Crippen molar-refractivity contribution >= 4 is 7.29 Å². The summed E-state index contributed by atoms with van der Waals surface area (Å²) in [5.74, 6) is 0. The molecule has 0 saturated carbocycles. The highest BCUT2D eigenvalue weighted by Crippen LogP contribution is 2.39. The third kappa shape index (κ3) is 4.60. The number of rotatable bonds is 6. The van der Waals surface area contributed by atoms with Crippen molar-refractivity contribution in [3.63, 3.8) is 0 Å². The molecule has 3 heteroatoms. The van der Waals surface area contributed by atoms with Crippen molar-refractivity contribution in [3.05, 3.63) is 0 Å². The zero-order valence-electron chi connectivity index (χ0n) is 7.89. The lowest BCUT2D eigenvalue weighted by Gasteiger charge is -2.15. The van der Waals surface area contributed by atoms with Gasteiger partial charge in [0.15, 0.2) is 0 Å². The maximum absolute atomic E-state index is 11.7. The summed E-state index contributed by atoms with van der Waals surface area (Å²) >= 11 is 0. The Morgan fingerprint density at radius 3 is 2.09 bits per heavy atom. The maximum Gasteiger partial charge on any atom is 0.147 e. The molecule has 0 aromatic rings. The molecule has 68 valence electrons. The molecular weight excluding hydrogens is 157 g/mol. The molecule has 0 saturated heterocycles. The normalized spacial score (nSPS) is 11.9. The fourth-order valence-electron chi connectivity index (χ4n) is 0.907. The highest BCUT2D eigenvalue weighted by molar-refractivity contribution is 7.61. The van der Waals surface area contributed by atoms with E-state index in [-0.39, 0.29) is 0 Å². The van der Waals surface area contributed by atoms with Crippen molar-refractivity contribution in [3.8, 4) is 0 Å². The molecule has 0 fully saturated rings. The predicted molar refractivity (Wildman–Crippen MR) is 51.6 cm³/mol. The smallest absolute Gasteiger partial charge is 0.147 e. The van der Waals surface area contributed by atoms with E-state index in [4.69, 9.17) is 0 Å². The monoisotopic (exact) mass is 177 g/mol. The summed E-state index contributed by atoms with van der Waals surface area (Å²) in [6.07, 6.45) is 3.87. The quantitative estimate of drug-likeness (QED) is 0.499. The summed E-state index contributed by atoms with van der Waals surface area (Å²) in [5, 5.41) is 3.15. The Morgan fingerprint density at radius 2 is 1.73 bits per heavy atom. The number of unbranched alkanes of at least 4 members (excludes halogenated alkanes) is 1. The minimum absolute atomic E-state index is 0.785. The molecular formula is C8H20NOP. The zero-order valence-corrected chi connectivity index (χ0v) is 8.79. The molecule has 0 heterocycles. The van der Waals surface area contributed by atoms with Gasteiger partial charge in [0.25, 0.3) is 0 Å². The third-order valence-corrected chi connectivity index (χ3v) is 4.80. The molecule has 0 radical (unpaired) electrons. The Bertz CT molecular complexity index is 128. The lowest BCUT2D eigenvalue weighted by atomic mass is 10.3. The molecule has 0 amide bonds. The summed E-state index contributed by atoms with van der Waals surface area (Å²) in [7, 11) is -1.96. The van der Waals surface area contributed by atoms with Crippen LogP contribution in [0.5, 0.6) is 0 Å². The van der Waals surface area contributed by atoms with E-state index in [9.17, 15) is 4.57 Å². The van der Waals surface area contributed by atoms with E-state index in [0.29, 0.717) is 0 Å². The lowest BCUT2D eigenvalue weighted by molar-refractivity contribution is 0.563. The average Bonchev–Trinajstić information content (AvgIpc) is 2.05. The first-order valence-electron chi connectivity index (χ1n) is 4.51. The van der Waals surface area contributed by atoms with Crippen LogP contribution in [0.1, 0.15) is 33.6 Å². The van der Waals surface area contributed by atoms with Gasteiger partial charge >= 0.3 is 0 Å². The van der Waals surface area contributed by atoms with Crippen LogP contribution >= 0.6 is 7.29 Å². The van der Waals surface area contributed by atoms with Crippen LogP contribution in [-0.2, 0) is 4.57 Å². The summed E-state index contributed by atoms with van der Waals surface area (Å²) in [6, 6.07) is 0. The van der Waals surface area contributed by atoms with Crippen molar-refractivity contribution in [2.75, 3.05) is 18.9 Å². The summed E-state index contributed by atoms with van der Waals surface area (Å²) in [5.41, 5.74) is 0. The van der Waals surface area contributed by atoms with Crippen molar-refractivity contribution in [2.24, 2.45) is 0 Å². The van der Waals surface area contributed by atoms with Gasteiger partial charge in [-0.2, -0.15) is 0 Å². The van der Waals surface area contributed by atoms with Crippen LogP contribution < -0.4 is 5.09 Å². The first kappa shape index (κ1) is 11.2. The van der Waals surface area contributed by atoms with E-state index < -0.39 is 7.29 Å². The van der Waals surface area contributed by atoms with Crippen molar-refractivity contribution < 1.29 is 4.57 Å². The lowest BCUT2D eigenvalue weighted by Crippen LogP contribution is -2.14. The molecule has 0 bridgehead atoms. The first-order chi connectivity index (χ1) is 5.18. The van der Waals surface area contributed by atoms with Gasteiger partial charge in [-0.1, -0.05) is 27.2 Å². The summed E-state index contributed by atoms with van der Waals surface area (Å²) < 4.78 is 11.7. The fraction of sp³-hybridized carbons (Fsp3) is 1.00. The minimum atomic E-state index is -1.96. The van der Waals surface area contributed by atoms with E-state index in [1.54, 1.807) is 0 Å². The molecule has 2 nitrogen and oxygen atoms in total. The van der Waals surface area contributed by atoms with E-state index in [0.717, 1.165) is 25.3 Å². The average molecular weight is 177 g/mol. The molecule has 1 N–H and O–H groups in total. The second-order valence-electron chi connectivity index (χ2n) is 2.78. The Kier molecular flexibility index (Phi) is 5.89. The maximum atomic E-state index is 11.7. The number of hydrogen-bond acceptors (Lipinski definition) is 1. The standard InChI is InChI=1S/C8H20NOP/c1-4-7-8-9-11(10,5-2)6-3/h4-8H2,1-3H3,(H,9,10). The molecule has 0 aromatic carbocycles. The summed E-state index contributed by atoms with van der Waals surface area (Å²) in [4.78, 5) is 0. The summed E-state index contributed by atoms with van der Waals surface area (Å²) in [6.45, 7) is 7.03. The molecule has 0 unspecified atom stereocenters. The topological polar surface area (TPSA) is 29.1 Å². The van der Waals surface area contributed by atoms with Gasteiger partial charge in [0, 0.05) is 18.9 Å². The van der Waals surface area contributed by atoms with Crippen LogP contribution in [0.3, 0.4) is 0 Å².